The van der Waals surface area contributed by atoms with Crippen LogP contribution in [0.3, 0.4) is 0 Å². The van der Waals surface area contributed by atoms with E-state index >= 15 is 0 Å². The second kappa shape index (κ2) is 4.28. The molecule has 1 aliphatic rings. The van der Waals surface area contributed by atoms with Crippen molar-refractivity contribution in [2.24, 2.45) is 5.11 Å². The quantitative estimate of drug-likeness (QED) is 0.387. The van der Waals surface area contributed by atoms with Gasteiger partial charge < -0.3 is 14.9 Å². The Hall–Kier alpha value is -1.30. The molecule has 0 bridgehead atoms. The summed E-state index contributed by atoms with van der Waals surface area (Å²) in [5.41, 5.74) is 6.85. The second-order valence-corrected chi connectivity index (χ2v) is 3.29. The Morgan fingerprint density at radius 1 is 1.79 bits per heavy atom. The number of hydrogen-bond acceptors (Lipinski definition) is 4. The van der Waals surface area contributed by atoms with Gasteiger partial charge in [0.15, 0.2) is 6.10 Å². The van der Waals surface area contributed by atoms with Crippen molar-refractivity contribution in [3.05, 3.63) is 10.4 Å². The molecular weight excluding hydrogens is 190 g/mol. The van der Waals surface area contributed by atoms with E-state index in [0.717, 1.165) is 0 Å². The first kappa shape index (κ1) is 10.8. The van der Waals surface area contributed by atoms with Gasteiger partial charge in [-0.1, -0.05) is 5.11 Å². The Morgan fingerprint density at radius 2 is 2.50 bits per heavy atom. The van der Waals surface area contributed by atoms with E-state index in [1.54, 1.807) is 0 Å². The Balaban J connectivity index is 2.48. The van der Waals surface area contributed by atoms with E-state index in [0.29, 0.717) is 0 Å². The minimum atomic E-state index is -1.21. The highest BCUT2D eigenvalue weighted by Gasteiger charge is 2.35. The SMILES string of the molecule is [N-]=[N+]=NC[C@@]1(O)CC[C@@H](C(=O)O)OC1. The number of nitrogens with zero attached hydrogens (tertiary/aromatic N) is 3. The standard InChI is InChI=1S/C7H11N3O4/c8-10-9-3-7(13)2-1-5(6(11)12)14-4-7/h5,13H,1-4H2,(H,11,12)/t5-,7-/m0/s1. The maximum Gasteiger partial charge on any atom is 0.332 e. The topological polar surface area (TPSA) is 116 Å². The van der Waals surface area contributed by atoms with E-state index < -0.39 is 17.7 Å². The second-order valence-electron chi connectivity index (χ2n) is 3.29. The molecule has 78 valence electrons. The number of aliphatic hydroxyl groups is 1. The van der Waals surface area contributed by atoms with E-state index in [4.69, 9.17) is 15.4 Å². The summed E-state index contributed by atoms with van der Waals surface area (Å²) in [4.78, 5) is 13.0. The fourth-order valence-electron chi connectivity index (χ4n) is 1.29. The van der Waals surface area contributed by atoms with Crippen LogP contribution in [0.25, 0.3) is 10.4 Å². The van der Waals surface area contributed by atoms with Crippen molar-refractivity contribution in [1.82, 2.24) is 0 Å². The van der Waals surface area contributed by atoms with E-state index in [-0.39, 0.29) is 26.0 Å². The molecule has 1 heterocycles. The van der Waals surface area contributed by atoms with Crippen molar-refractivity contribution in [3.63, 3.8) is 0 Å². The molecule has 2 N–H and O–H groups in total. The molecule has 0 spiro atoms. The largest absolute Gasteiger partial charge is 0.479 e. The molecule has 1 fully saturated rings. The third-order valence-electron chi connectivity index (χ3n) is 2.13. The molecule has 14 heavy (non-hydrogen) atoms. The predicted octanol–water partition coefficient (Wildman–Crippen LogP) is 0.291. The summed E-state index contributed by atoms with van der Waals surface area (Å²) in [5.74, 6) is -1.03. The van der Waals surface area contributed by atoms with Crippen molar-refractivity contribution in [1.29, 1.82) is 0 Å². The molecule has 1 saturated heterocycles. The number of rotatable bonds is 3. The molecule has 0 aromatic rings. The fraction of sp³-hybridized carbons (Fsp3) is 0.857. The average Bonchev–Trinajstić information content (AvgIpc) is 2.16. The predicted molar refractivity (Wildman–Crippen MR) is 45.6 cm³/mol. The highest BCUT2D eigenvalue weighted by atomic mass is 16.5. The van der Waals surface area contributed by atoms with Gasteiger partial charge in [0.1, 0.15) is 0 Å². The highest BCUT2D eigenvalue weighted by molar-refractivity contribution is 5.72. The molecule has 0 aliphatic carbocycles. The van der Waals surface area contributed by atoms with Gasteiger partial charge in [-0.05, 0) is 18.4 Å². The number of azide groups is 1. The highest BCUT2D eigenvalue weighted by Crippen LogP contribution is 2.23. The van der Waals surface area contributed by atoms with Crippen molar-refractivity contribution < 1.29 is 19.7 Å². The van der Waals surface area contributed by atoms with Gasteiger partial charge in [0.2, 0.25) is 0 Å². The van der Waals surface area contributed by atoms with Gasteiger partial charge in [-0.25, -0.2) is 4.79 Å². The molecule has 7 heteroatoms. The number of aliphatic carboxylic acids is 1. The van der Waals surface area contributed by atoms with Crippen LogP contribution in [0.4, 0.5) is 0 Å². The third-order valence-corrected chi connectivity index (χ3v) is 2.13. The molecular formula is C7H11N3O4. The fourth-order valence-corrected chi connectivity index (χ4v) is 1.29. The summed E-state index contributed by atoms with van der Waals surface area (Å²) in [5, 5.41) is 21.6. The first-order chi connectivity index (χ1) is 6.57. The van der Waals surface area contributed by atoms with Gasteiger partial charge in [-0.3, -0.25) is 0 Å². The minimum Gasteiger partial charge on any atom is -0.479 e. The van der Waals surface area contributed by atoms with Gasteiger partial charge in [0.25, 0.3) is 0 Å². The molecule has 2 atom stereocenters. The van der Waals surface area contributed by atoms with Crippen molar-refractivity contribution in [3.8, 4) is 0 Å². The van der Waals surface area contributed by atoms with Gasteiger partial charge >= 0.3 is 5.97 Å². The zero-order chi connectivity index (χ0) is 10.6. The van der Waals surface area contributed by atoms with Crippen LogP contribution >= 0.6 is 0 Å². The van der Waals surface area contributed by atoms with E-state index in [9.17, 15) is 9.90 Å². The molecule has 0 aromatic heterocycles. The van der Waals surface area contributed by atoms with Crippen LogP contribution in [0.1, 0.15) is 12.8 Å². The van der Waals surface area contributed by atoms with E-state index in [1.165, 1.54) is 0 Å². The van der Waals surface area contributed by atoms with Crippen LogP contribution in [0, 0.1) is 0 Å². The van der Waals surface area contributed by atoms with Gasteiger partial charge in [-0.15, -0.1) is 0 Å². The van der Waals surface area contributed by atoms with E-state index in [2.05, 4.69) is 10.0 Å². The number of carboxylic acid groups (broad SMARTS) is 1. The summed E-state index contributed by atoms with van der Waals surface area (Å²) >= 11 is 0. The number of ether oxygens (including phenoxy) is 1. The lowest BCUT2D eigenvalue weighted by Crippen LogP contribution is -2.46. The molecule has 1 aliphatic heterocycles. The van der Waals surface area contributed by atoms with Crippen LogP contribution in [0.15, 0.2) is 5.11 Å². The maximum atomic E-state index is 10.5. The van der Waals surface area contributed by atoms with Crippen LogP contribution < -0.4 is 0 Å². The summed E-state index contributed by atoms with van der Waals surface area (Å²) in [6, 6.07) is 0. The minimum absolute atomic E-state index is 0.0875. The molecule has 0 unspecified atom stereocenters. The maximum absolute atomic E-state index is 10.5. The third kappa shape index (κ3) is 2.59. The lowest BCUT2D eigenvalue weighted by Gasteiger charge is -2.33. The molecule has 0 radical (unpaired) electrons. The summed E-state index contributed by atoms with van der Waals surface area (Å²) in [6.07, 6.45) is -0.364. The first-order valence-electron chi connectivity index (χ1n) is 4.15. The first-order valence-corrected chi connectivity index (χ1v) is 4.15. The lowest BCUT2D eigenvalue weighted by atomic mass is 9.94. The number of hydrogen-bond donors (Lipinski definition) is 2. The van der Waals surface area contributed by atoms with Crippen molar-refractivity contribution in [2.45, 2.75) is 24.5 Å². The monoisotopic (exact) mass is 201 g/mol. The molecule has 7 nitrogen and oxygen atoms in total. The van der Waals surface area contributed by atoms with Crippen molar-refractivity contribution >= 4 is 5.97 Å². The zero-order valence-corrected chi connectivity index (χ0v) is 7.46. The normalized spacial score (nSPS) is 31.9. The van der Waals surface area contributed by atoms with E-state index in [1.807, 2.05) is 0 Å². The van der Waals surface area contributed by atoms with Gasteiger partial charge in [0, 0.05) is 4.91 Å². The molecule has 0 saturated carbocycles. The van der Waals surface area contributed by atoms with Crippen LogP contribution in [0.2, 0.25) is 0 Å². The molecule has 0 aromatic carbocycles. The number of carbonyl (C=O) groups is 1. The zero-order valence-electron chi connectivity index (χ0n) is 7.46. The Labute approximate surface area is 79.9 Å². The molecule has 0 amide bonds. The van der Waals surface area contributed by atoms with Crippen LogP contribution in [0.5, 0.6) is 0 Å². The molecule has 1 rings (SSSR count). The average molecular weight is 201 g/mol. The van der Waals surface area contributed by atoms with Crippen LogP contribution in [-0.2, 0) is 9.53 Å². The summed E-state index contributed by atoms with van der Waals surface area (Å²) in [6.45, 7) is -0.196. The van der Waals surface area contributed by atoms with Crippen molar-refractivity contribution in [2.75, 3.05) is 13.2 Å². The Bertz CT molecular complexity index is 266. The lowest BCUT2D eigenvalue weighted by molar-refractivity contribution is -0.166. The number of carboxylic acids is 1. The smallest absolute Gasteiger partial charge is 0.332 e. The van der Waals surface area contributed by atoms with Gasteiger partial charge in [0.05, 0.1) is 18.8 Å². The van der Waals surface area contributed by atoms with Crippen LogP contribution in [-0.4, -0.2) is 41.0 Å². The van der Waals surface area contributed by atoms with Gasteiger partial charge in [-0.2, -0.15) is 0 Å². The Morgan fingerprint density at radius 3 is 2.93 bits per heavy atom. The summed E-state index contributed by atoms with van der Waals surface area (Å²) in [7, 11) is 0. The Kier molecular flexibility index (Phi) is 3.29. The summed E-state index contributed by atoms with van der Waals surface area (Å²) < 4.78 is 4.92.